The van der Waals surface area contributed by atoms with Gasteiger partial charge in [-0.1, -0.05) is 54.9 Å². The predicted molar refractivity (Wildman–Crippen MR) is 126 cm³/mol. The molecular weight excluding hydrogens is 392 g/mol. The van der Waals surface area contributed by atoms with Crippen LogP contribution in [0.1, 0.15) is 55.2 Å². The maximum Gasteiger partial charge on any atom is 0.127 e. The van der Waals surface area contributed by atoms with E-state index in [1.807, 2.05) is 12.1 Å². The Morgan fingerprint density at radius 3 is 2.77 bits per heavy atom. The third-order valence-electron chi connectivity index (χ3n) is 5.88. The molecule has 30 heavy (non-hydrogen) atoms. The summed E-state index contributed by atoms with van der Waals surface area (Å²) >= 11 is 6.52. The van der Waals surface area contributed by atoms with Crippen LogP contribution in [-0.4, -0.2) is 24.1 Å². The van der Waals surface area contributed by atoms with Gasteiger partial charge in [0.2, 0.25) is 0 Å². The van der Waals surface area contributed by atoms with Crippen molar-refractivity contribution in [2.75, 3.05) is 13.1 Å². The van der Waals surface area contributed by atoms with Crippen molar-refractivity contribution in [2.24, 2.45) is 5.73 Å². The summed E-state index contributed by atoms with van der Waals surface area (Å²) in [6, 6.07) is 14.8. The molecule has 0 aromatic heterocycles. The lowest BCUT2D eigenvalue weighted by Crippen LogP contribution is -2.19. The number of hydrogen-bond donors (Lipinski definition) is 1. The number of hydrogen-bond acceptors (Lipinski definition) is 3. The smallest absolute Gasteiger partial charge is 0.127 e. The first-order valence-corrected chi connectivity index (χ1v) is 11.4. The molecule has 0 amide bonds. The van der Waals surface area contributed by atoms with Crippen molar-refractivity contribution in [3.63, 3.8) is 0 Å². The van der Waals surface area contributed by atoms with E-state index in [2.05, 4.69) is 60.5 Å². The fraction of sp³-hybridized carbons (Fsp3) is 0.385. The summed E-state index contributed by atoms with van der Waals surface area (Å²) in [7, 11) is 0. The highest BCUT2D eigenvalue weighted by molar-refractivity contribution is 6.31. The van der Waals surface area contributed by atoms with Crippen LogP contribution in [0.5, 0.6) is 5.75 Å². The number of allylic oxidation sites excluding steroid dienone is 2. The number of para-hydroxylation sites is 1. The van der Waals surface area contributed by atoms with Crippen LogP contribution in [0.3, 0.4) is 0 Å². The highest BCUT2D eigenvalue weighted by Gasteiger charge is 2.25. The molecule has 1 fully saturated rings. The third kappa shape index (κ3) is 5.27. The first-order chi connectivity index (χ1) is 14.6. The zero-order chi connectivity index (χ0) is 20.9. The predicted octanol–water partition coefficient (Wildman–Crippen LogP) is 6.14. The molecule has 158 valence electrons. The van der Waals surface area contributed by atoms with Crippen LogP contribution in [0.15, 0.2) is 60.8 Å². The highest BCUT2D eigenvalue weighted by atomic mass is 35.5. The summed E-state index contributed by atoms with van der Waals surface area (Å²) < 4.78 is 6.10. The van der Waals surface area contributed by atoms with E-state index in [1.54, 1.807) is 0 Å². The fourth-order valence-electron chi connectivity index (χ4n) is 3.85. The summed E-state index contributed by atoms with van der Waals surface area (Å²) in [6.07, 6.45) is 11.5. The maximum absolute atomic E-state index is 6.52. The van der Waals surface area contributed by atoms with Gasteiger partial charge in [0.25, 0.3) is 0 Å². The van der Waals surface area contributed by atoms with Gasteiger partial charge in [-0.25, -0.2) is 0 Å². The number of ether oxygens (including phenoxy) is 1. The topological polar surface area (TPSA) is 38.5 Å². The van der Waals surface area contributed by atoms with Crippen LogP contribution in [-0.2, 0) is 6.54 Å². The van der Waals surface area contributed by atoms with Crippen molar-refractivity contribution in [3.05, 3.63) is 82.5 Å². The van der Waals surface area contributed by atoms with Gasteiger partial charge in [-0.05, 0) is 73.1 Å². The minimum absolute atomic E-state index is 0.400. The lowest BCUT2D eigenvalue weighted by Gasteiger charge is -2.24. The molecule has 2 aromatic carbocycles. The van der Waals surface area contributed by atoms with E-state index in [9.17, 15) is 0 Å². The van der Waals surface area contributed by atoms with E-state index < -0.39 is 0 Å². The van der Waals surface area contributed by atoms with Crippen molar-refractivity contribution in [2.45, 2.75) is 51.2 Å². The number of nitrogens with two attached hydrogens (primary N) is 1. The van der Waals surface area contributed by atoms with Gasteiger partial charge in [0.1, 0.15) is 5.75 Å². The minimum atomic E-state index is 0.400. The molecule has 0 saturated heterocycles. The van der Waals surface area contributed by atoms with Crippen molar-refractivity contribution >= 4 is 17.2 Å². The molecule has 2 aromatic rings. The molecule has 1 saturated carbocycles. The van der Waals surface area contributed by atoms with E-state index in [0.717, 1.165) is 43.2 Å². The van der Waals surface area contributed by atoms with Gasteiger partial charge < -0.3 is 15.4 Å². The summed E-state index contributed by atoms with van der Waals surface area (Å²) in [5.74, 6) is 1.49. The molecule has 4 rings (SSSR count). The van der Waals surface area contributed by atoms with Crippen LogP contribution < -0.4 is 10.5 Å². The second-order valence-electron chi connectivity index (χ2n) is 8.40. The highest BCUT2D eigenvalue weighted by Crippen LogP contribution is 2.34. The third-order valence-corrected chi connectivity index (χ3v) is 6.25. The lowest BCUT2D eigenvalue weighted by molar-refractivity contribution is 0.302. The molecule has 1 aliphatic carbocycles. The van der Waals surface area contributed by atoms with Crippen molar-refractivity contribution in [3.8, 4) is 5.75 Å². The van der Waals surface area contributed by atoms with Crippen LogP contribution in [0.25, 0.3) is 5.57 Å². The first kappa shape index (κ1) is 21.0. The Kier molecular flexibility index (Phi) is 6.81. The minimum Gasteiger partial charge on any atom is -0.490 e. The molecule has 0 spiro atoms. The number of halogens is 1. The molecule has 1 atom stereocenters. The molecule has 2 aliphatic rings. The number of nitrogens with zero attached hydrogens (tertiary/aromatic N) is 1. The normalized spacial score (nSPS) is 17.0. The Hall–Kier alpha value is -2.23. The molecule has 3 nitrogen and oxygen atoms in total. The van der Waals surface area contributed by atoms with E-state index in [4.69, 9.17) is 22.1 Å². The van der Waals surface area contributed by atoms with Crippen molar-refractivity contribution < 1.29 is 4.74 Å². The molecule has 0 radical (unpaired) electrons. The number of benzene rings is 2. The van der Waals surface area contributed by atoms with E-state index in [0.29, 0.717) is 12.0 Å². The Labute approximate surface area is 185 Å². The van der Waals surface area contributed by atoms with Gasteiger partial charge in [-0.2, -0.15) is 0 Å². The van der Waals surface area contributed by atoms with Gasteiger partial charge in [0.15, 0.2) is 0 Å². The standard InChI is InChI=1S/C26H31ClN2O/c1-19(5-4-14-28)21-8-11-25(27)22(17-21)18-29-15-12-20(13-16-29)24-6-2-3-7-26(24)30-23-9-10-23/h2-3,6-8,11-13,15,17,19,23H,4-5,9-10,14,16,18,28H2,1H3. The van der Waals surface area contributed by atoms with Gasteiger partial charge >= 0.3 is 0 Å². The molecule has 1 unspecified atom stereocenters. The Bertz CT molecular complexity index is 932. The first-order valence-electron chi connectivity index (χ1n) is 11.0. The Balaban J connectivity index is 1.43. The SMILES string of the molecule is CC(CCCN)c1ccc(Cl)c(CN2C=CC(c3ccccc3OC3CC3)=CC2)c1. The molecule has 0 bridgehead atoms. The van der Waals surface area contributed by atoms with Gasteiger partial charge in [-0.3, -0.25) is 0 Å². The van der Waals surface area contributed by atoms with Gasteiger partial charge in [0, 0.05) is 29.9 Å². The monoisotopic (exact) mass is 422 g/mol. The van der Waals surface area contributed by atoms with Crippen molar-refractivity contribution in [1.82, 2.24) is 4.90 Å². The maximum atomic E-state index is 6.52. The van der Waals surface area contributed by atoms with E-state index in [-0.39, 0.29) is 0 Å². The zero-order valence-electron chi connectivity index (χ0n) is 17.7. The van der Waals surface area contributed by atoms with Crippen LogP contribution in [0, 0.1) is 0 Å². The molecule has 2 N–H and O–H groups in total. The summed E-state index contributed by atoms with van der Waals surface area (Å²) in [5, 5.41) is 0.830. The summed E-state index contributed by atoms with van der Waals surface area (Å²) in [5.41, 5.74) is 10.6. The van der Waals surface area contributed by atoms with Crippen LogP contribution in [0.2, 0.25) is 5.02 Å². The molecule has 1 heterocycles. The van der Waals surface area contributed by atoms with Crippen LogP contribution in [0.4, 0.5) is 0 Å². The van der Waals surface area contributed by atoms with E-state index >= 15 is 0 Å². The number of rotatable bonds is 9. The lowest BCUT2D eigenvalue weighted by atomic mass is 9.94. The second-order valence-corrected chi connectivity index (χ2v) is 8.81. The summed E-state index contributed by atoms with van der Waals surface area (Å²) in [6.45, 7) is 4.66. The molecular formula is C26H31ClN2O. The molecule has 4 heteroatoms. The van der Waals surface area contributed by atoms with E-state index in [1.165, 1.54) is 35.1 Å². The van der Waals surface area contributed by atoms with Gasteiger partial charge in [0.05, 0.1) is 6.10 Å². The Morgan fingerprint density at radius 2 is 2.03 bits per heavy atom. The largest absolute Gasteiger partial charge is 0.490 e. The molecule has 1 aliphatic heterocycles. The fourth-order valence-corrected chi connectivity index (χ4v) is 4.03. The van der Waals surface area contributed by atoms with Crippen LogP contribution >= 0.6 is 11.6 Å². The van der Waals surface area contributed by atoms with Crippen molar-refractivity contribution in [1.29, 1.82) is 0 Å². The van der Waals surface area contributed by atoms with Gasteiger partial charge in [-0.15, -0.1) is 0 Å². The second kappa shape index (κ2) is 9.72. The summed E-state index contributed by atoms with van der Waals surface area (Å²) in [4.78, 5) is 2.30. The average molecular weight is 423 g/mol. The zero-order valence-corrected chi connectivity index (χ0v) is 18.4. The average Bonchev–Trinajstić information content (AvgIpc) is 3.59. The Morgan fingerprint density at radius 1 is 1.20 bits per heavy atom. The quantitative estimate of drug-likeness (QED) is 0.527.